The summed E-state index contributed by atoms with van der Waals surface area (Å²) >= 11 is 0. The van der Waals surface area contributed by atoms with Crippen LogP contribution in [0.2, 0.25) is 0 Å². The number of rotatable bonds is 6. The van der Waals surface area contributed by atoms with Crippen molar-refractivity contribution in [3.8, 4) is 5.75 Å². The van der Waals surface area contributed by atoms with Crippen LogP contribution in [0.15, 0.2) is 36.5 Å². The number of aromatic hydroxyl groups is 1. The minimum Gasteiger partial charge on any atom is -0.504 e. The molecule has 1 aromatic heterocycles. The van der Waals surface area contributed by atoms with Crippen LogP contribution in [0.25, 0.3) is 0 Å². The second kappa shape index (κ2) is 8.73. The maximum atomic E-state index is 12.7. The Kier molecular flexibility index (Phi) is 6.29. The van der Waals surface area contributed by atoms with E-state index in [1.165, 1.54) is 12.3 Å². The molecule has 0 spiro atoms. The molecule has 1 aliphatic heterocycles. The first kappa shape index (κ1) is 21.6. The van der Waals surface area contributed by atoms with Crippen LogP contribution in [0.3, 0.4) is 0 Å². The van der Waals surface area contributed by atoms with E-state index < -0.39 is 11.4 Å². The van der Waals surface area contributed by atoms with Crippen molar-refractivity contribution in [2.24, 2.45) is 0 Å². The summed E-state index contributed by atoms with van der Waals surface area (Å²) in [6, 6.07) is 8.66. The van der Waals surface area contributed by atoms with E-state index in [2.05, 4.69) is 4.98 Å². The standard InChI is InChI=1S/C23H29N3O4/c1-4-26(18-10-8-17(9-11-18)23(2,3)22(29)30)20-19(27)14-16(15-24-20)21(28)25-12-6-5-7-13-25/h8-11,14-15,27H,4-7,12-13H2,1-3H3,(H,29,30). The first-order chi connectivity index (χ1) is 14.3. The number of carbonyl (C=O) groups excluding carboxylic acids is 1. The van der Waals surface area contributed by atoms with Gasteiger partial charge in [-0.3, -0.25) is 9.59 Å². The van der Waals surface area contributed by atoms with Gasteiger partial charge in [-0.25, -0.2) is 4.98 Å². The van der Waals surface area contributed by atoms with Crippen molar-refractivity contribution in [2.45, 2.75) is 45.4 Å². The lowest BCUT2D eigenvalue weighted by Gasteiger charge is -2.27. The minimum absolute atomic E-state index is 0.0605. The van der Waals surface area contributed by atoms with E-state index in [9.17, 15) is 19.8 Å². The molecule has 7 heteroatoms. The first-order valence-electron chi connectivity index (χ1n) is 10.4. The molecule has 3 rings (SSSR count). The van der Waals surface area contributed by atoms with E-state index in [0.29, 0.717) is 23.5 Å². The lowest BCUT2D eigenvalue weighted by molar-refractivity contribution is -0.142. The van der Waals surface area contributed by atoms with Gasteiger partial charge < -0.3 is 20.0 Å². The highest BCUT2D eigenvalue weighted by molar-refractivity contribution is 5.95. The molecule has 2 aromatic rings. The number of pyridine rings is 1. The van der Waals surface area contributed by atoms with Crippen molar-refractivity contribution in [2.75, 3.05) is 24.5 Å². The SMILES string of the molecule is CCN(c1ccc(C(C)(C)C(=O)O)cc1)c1ncc(C(=O)N2CCCCC2)cc1O. The molecule has 0 aliphatic carbocycles. The van der Waals surface area contributed by atoms with Gasteiger partial charge in [-0.2, -0.15) is 0 Å². The Bertz CT molecular complexity index is 919. The zero-order valence-electron chi connectivity index (χ0n) is 17.8. The number of aliphatic carboxylic acids is 1. The Balaban J connectivity index is 1.84. The van der Waals surface area contributed by atoms with Crippen LogP contribution in [0, 0.1) is 0 Å². The zero-order valence-corrected chi connectivity index (χ0v) is 17.8. The Morgan fingerprint density at radius 1 is 1.13 bits per heavy atom. The van der Waals surface area contributed by atoms with Crippen LogP contribution in [0.4, 0.5) is 11.5 Å². The van der Waals surface area contributed by atoms with Crippen molar-refractivity contribution in [1.82, 2.24) is 9.88 Å². The quantitative estimate of drug-likeness (QED) is 0.748. The van der Waals surface area contributed by atoms with E-state index in [-0.39, 0.29) is 11.7 Å². The molecule has 1 fully saturated rings. The predicted molar refractivity (Wildman–Crippen MR) is 115 cm³/mol. The number of likely N-dealkylation sites (tertiary alicyclic amines) is 1. The summed E-state index contributed by atoms with van der Waals surface area (Å²) in [6.45, 7) is 7.27. The van der Waals surface area contributed by atoms with Gasteiger partial charge >= 0.3 is 5.97 Å². The monoisotopic (exact) mass is 411 g/mol. The third-order valence-corrected chi connectivity index (χ3v) is 5.74. The Hall–Kier alpha value is -3.09. The molecule has 7 nitrogen and oxygen atoms in total. The topological polar surface area (TPSA) is 94.0 Å². The highest BCUT2D eigenvalue weighted by Gasteiger charge is 2.29. The number of hydrogen-bond donors (Lipinski definition) is 2. The fourth-order valence-corrected chi connectivity index (χ4v) is 3.69. The molecule has 2 heterocycles. The summed E-state index contributed by atoms with van der Waals surface area (Å²) in [4.78, 5) is 32.2. The molecule has 160 valence electrons. The van der Waals surface area contributed by atoms with Crippen LogP contribution in [0.1, 0.15) is 56.0 Å². The number of piperidine rings is 1. The van der Waals surface area contributed by atoms with Gasteiger partial charge in [0.25, 0.3) is 5.91 Å². The van der Waals surface area contributed by atoms with Crippen molar-refractivity contribution < 1.29 is 19.8 Å². The predicted octanol–water partition coefficient (Wildman–Crippen LogP) is 3.93. The molecule has 1 aliphatic rings. The number of carboxylic acids is 1. The molecule has 2 N–H and O–H groups in total. The summed E-state index contributed by atoms with van der Waals surface area (Å²) in [5.41, 5.74) is 0.856. The summed E-state index contributed by atoms with van der Waals surface area (Å²) < 4.78 is 0. The lowest BCUT2D eigenvalue weighted by Crippen LogP contribution is -2.35. The van der Waals surface area contributed by atoms with Gasteiger partial charge in [0.2, 0.25) is 0 Å². The van der Waals surface area contributed by atoms with E-state index in [1.54, 1.807) is 30.9 Å². The Morgan fingerprint density at radius 3 is 2.30 bits per heavy atom. The fourth-order valence-electron chi connectivity index (χ4n) is 3.69. The molecule has 0 bridgehead atoms. The summed E-state index contributed by atoms with van der Waals surface area (Å²) in [5.74, 6) is -0.698. The van der Waals surface area contributed by atoms with Crippen LogP contribution in [0.5, 0.6) is 5.75 Å². The fraction of sp³-hybridized carbons (Fsp3) is 0.435. The van der Waals surface area contributed by atoms with Crippen LogP contribution in [-0.4, -0.2) is 51.6 Å². The molecule has 1 saturated heterocycles. The normalized spacial score (nSPS) is 14.4. The third-order valence-electron chi connectivity index (χ3n) is 5.74. The Labute approximate surface area is 177 Å². The molecule has 1 aromatic carbocycles. The average Bonchev–Trinajstić information content (AvgIpc) is 2.75. The van der Waals surface area contributed by atoms with Gasteiger partial charge in [0.1, 0.15) is 0 Å². The van der Waals surface area contributed by atoms with E-state index in [4.69, 9.17) is 0 Å². The molecule has 0 unspecified atom stereocenters. The molecule has 0 saturated carbocycles. The van der Waals surface area contributed by atoms with Gasteiger partial charge in [0, 0.05) is 31.5 Å². The van der Waals surface area contributed by atoms with Crippen molar-refractivity contribution in [3.63, 3.8) is 0 Å². The molecule has 30 heavy (non-hydrogen) atoms. The Morgan fingerprint density at radius 2 is 1.77 bits per heavy atom. The van der Waals surface area contributed by atoms with Crippen LogP contribution in [-0.2, 0) is 10.2 Å². The van der Waals surface area contributed by atoms with Crippen molar-refractivity contribution in [3.05, 3.63) is 47.7 Å². The number of carboxylic acid groups (broad SMARTS) is 1. The van der Waals surface area contributed by atoms with Gasteiger partial charge in [-0.1, -0.05) is 12.1 Å². The number of aromatic nitrogens is 1. The summed E-state index contributed by atoms with van der Waals surface area (Å²) in [5, 5.41) is 20.0. The largest absolute Gasteiger partial charge is 0.504 e. The second-order valence-electron chi connectivity index (χ2n) is 8.14. The minimum atomic E-state index is -0.994. The number of benzene rings is 1. The van der Waals surface area contributed by atoms with Gasteiger partial charge in [0.05, 0.1) is 11.0 Å². The van der Waals surface area contributed by atoms with Crippen LogP contribution < -0.4 is 4.90 Å². The smallest absolute Gasteiger partial charge is 0.313 e. The number of amides is 1. The molecule has 0 radical (unpaired) electrons. The van der Waals surface area contributed by atoms with E-state index in [1.807, 2.05) is 24.0 Å². The number of hydrogen-bond acceptors (Lipinski definition) is 5. The third kappa shape index (κ3) is 4.25. The average molecular weight is 412 g/mol. The number of nitrogens with zero attached hydrogens (tertiary/aromatic N) is 3. The maximum Gasteiger partial charge on any atom is 0.313 e. The summed E-state index contributed by atoms with van der Waals surface area (Å²) in [7, 11) is 0. The summed E-state index contributed by atoms with van der Waals surface area (Å²) in [6.07, 6.45) is 4.65. The molecular weight excluding hydrogens is 382 g/mol. The second-order valence-corrected chi connectivity index (χ2v) is 8.14. The van der Waals surface area contributed by atoms with Gasteiger partial charge in [0.15, 0.2) is 11.6 Å². The van der Waals surface area contributed by atoms with Crippen LogP contribution >= 0.6 is 0 Å². The van der Waals surface area contributed by atoms with Gasteiger partial charge in [-0.05, 0) is 63.8 Å². The van der Waals surface area contributed by atoms with Crippen molar-refractivity contribution >= 4 is 23.4 Å². The number of anilines is 2. The van der Waals surface area contributed by atoms with E-state index in [0.717, 1.165) is 38.0 Å². The molecule has 0 atom stereocenters. The zero-order chi connectivity index (χ0) is 21.9. The lowest BCUT2D eigenvalue weighted by atomic mass is 9.85. The highest BCUT2D eigenvalue weighted by atomic mass is 16.4. The first-order valence-corrected chi connectivity index (χ1v) is 10.4. The molecule has 1 amide bonds. The number of carbonyl (C=O) groups is 2. The maximum absolute atomic E-state index is 12.7. The van der Waals surface area contributed by atoms with Crippen molar-refractivity contribution in [1.29, 1.82) is 0 Å². The highest BCUT2D eigenvalue weighted by Crippen LogP contribution is 2.33. The van der Waals surface area contributed by atoms with E-state index >= 15 is 0 Å². The van der Waals surface area contributed by atoms with Gasteiger partial charge in [-0.15, -0.1) is 0 Å². The molecular formula is C23H29N3O4.